The van der Waals surface area contributed by atoms with Crippen molar-refractivity contribution in [3.63, 3.8) is 0 Å². The zero-order chi connectivity index (χ0) is 18.5. The Kier molecular flexibility index (Phi) is 6.40. The molecule has 0 saturated carbocycles. The summed E-state index contributed by atoms with van der Waals surface area (Å²) in [6, 6.07) is 3.20. The smallest absolute Gasteiger partial charge is 0.246 e. The van der Waals surface area contributed by atoms with E-state index in [1.807, 2.05) is 20.8 Å². The second-order valence-corrected chi connectivity index (χ2v) is 9.15. The molecule has 0 unspecified atom stereocenters. The molecule has 140 valence electrons. The molecule has 0 aromatic carbocycles. The summed E-state index contributed by atoms with van der Waals surface area (Å²) < 4.78 is 27.2. The summed E-state index contributed by atoms with van der Waals surface area (Å²) in [6.45, 7) is 7.45. The van der Waals surface area contributed by atoms with Crippen molar-refractivity contribution < 1.29 is 13.2 Å². The maximum atomic E-state index is 12.9. The average Bonchev–Trinajstić information content (AvgIpc) is 2.58. The highest BCUT2D eigenvalue weighted by Crippen LogP contribution is 2.25. The van der Waals surface area contributed by atoms with E-state index in [1.54, 1.807) is 18.3 Å². The van der Waals surface area contributed by atoms with E-state index in [9.17, 15) is 13.2 Å². The summed E-state index contributed by atoms with van der Waals surface area (Å²) in [7, 11) is -3.55. The first-order chi connectivity index (χ1) is 11.7. The Labute approximate surface area is 150 Å². The van der Waals surface area contributed by atoms with Gasteiger partial charge in [0, 0.05) is 37.8 Å². The summed E-state index contributed by atoms with van der Waals surface area (Å²) in [5, 5.41) is 5.86. The van der Waals surface area contributed by atoms with Gasteiger partial charge in [-0.1, -0.05) is 27.2 Å². The third-order valence-electron chi connectivity index (χ3n) is 4.09. The topological polar surface area (TPSA) is 91.4 Å². The molecule has 0 spiro atoms. The Morgan fingerprint density at radius 1 is 1.20 bits per heavy atom. The van der Waals surface area contributed by atoms with Crippen LogP contribution in [0.3, 0.4) is 0 Å². The minimum Gasteiger partial charge on any atom is -0.367 e. The van der Waals surface area contributed by atoms with Crippen molar-refractivity contribution in [1.29, 1.82) is 0 Å². The standard InChI is InChI=1S/C17H28N4O3S/c1-17(2,3)16(22)20-11-10-19-15-14(8-7-9-18-15)25(23,24)21-12-5-4-6-13-21/h7-9H,4-6,10-13H2,1-3H3,(H,18,19)(H,20,22). The molecule has 0 bridgehead atoms. The van der Waals surface area contributed by atoms with Crippen molar-refractivity contribution in [2.24, 2.45) is 5.41 Å². The van der Waals surface area contributed by atoms with E-state index in [1.165, 1.54) is 4.31 Å². The Hall–Kier alpha value is -1.67. The lowest BCUT2D eigenvalue weighted by atomic mass is 9.96. The molecule has 1 aliphatic rings. The van der Waals surface area contributed by atoms with Crippen LogP contribution >= 0.6 is 0 Å². The third kappa shape index (κ3) is 5.15. The number of aromatic nitrogens is 1. The highest BCUT2D eigenvalue weighted by Gasteiger charge is 2.28. The molecular formula is C17H28N4O3S. The van der Waals surface area contributed by atoms with Crippen LogP contribution in [-0.2, 0) is 14.8 Å². The fourth-order valence-electron chi connectivity index (χ4n) is 2.60. The summed E-state index contributed by atoms with van der Waals surface area (Å²) in [4.78, 5) is 16.2. The molecular weight excluding hydrogens is 340 g/mol. The van der Waals surface area contributed by atoms with Crippen molar-refractivity contribution in [2.45, 2.75) is 44.9 Å². The van der Waals surface area contributed by atoms with Crippen molar-refractivity contribution in [2.75, 3.05) is 31.5 Å². The van der Waals surface area contributed by atoms with Gasteiger partial charge in [0.05, 0.1) is 0 Å². The zero-order valence-corrected chi connectivity index (χ0v) is 16.0. The molecule has 0 radical (unpaired) electrons. The molecule has 1 aromatic heterocycles. The minimum absolute atomic E-state index is 0.0449. The van der Waals surface area contributed by atoms with Gasteiger partial charge < -0.3 is 10.6 Å². The molecule has 2 heterocycles. The van der Waals surface area contributed by atoms with E-state index in [0.29, 0.717) is 32.0 Å². The summed E-state index contributed by atoms with van der Waals surface area (Å²) >= 11 is 0. The third-order valence-corrected chi connectivity index (χ3v) is 6.02. The second-order valence-electron chi connectivity index (χ2n) is 7.25. The van der Waals surface area contributed by atoms with Crippen LogP contribution in [0.25, 0.3) is 0 Å². The van der Waals surface area contributed by atoms with Crippen LogP contribution in [0.15, 0.2) is 23.2 Å². The number of anilines is 1. The van der Waals surface area contributed by atoms with Gasteiger partial charge in [-0.25, -0.2) is 13.4 Å². The fraction of sp³-hybridized carbons (Fsp3) is 0.647. The Morgan fingerprint density at radius 3 is 2.52 bits per heavy atom. The molecule has 25 heavy (non-hydrogen) atoms. The zero-order valence-electron chi connectivity index (χ0n) is 15.2. The number of nitrogens with zero attached hydrogens (tertiary/aromatic N) is 2. The number of carbonyl (C=O) groups is 1. The van der Waals surface area contributed by atoms with Crippen LogP contribution in [-0.4, -0.2) is 49.8 Å². The normalized spacial score (nSPS) is 16.4. The van der Waals surface area contributed by atoms with Crippen molar-refractivity contribution in [3.05, 3.63) is 18.3 Å². The molecule has 1 saturated heterocycles. The van der Waals surface area contributed by atoms with E-state index in [4.69, 9.17) is 0 Å². The first-order valence-corrected chi connectivity index (χ1v) is 10.1. The van der Waals surface area contributed by atoms with E-state index in [2.05, 4.69) is 15.6 Å². The van der Waals surface area contributed by atoms with E-state index < -0.39 is 15.4 Å². The molecule has 0 aliphatic carbocycles. The maximum absolute atomic E-state index is 12.9. The minimum atomic E-state index is -3.55. The van der Waals surface area contributed by atoms with Gasteiger partial charge in [0.15, 0.2) is 0 Å². The Morgan fingerprint density at radius 2 is 1.88 bits per heavy atom. The SMILES string of the molecule is CC(C)(C)C(=O)NCCNc1ncccc1S(=O)(=O)N1CCCCC1. The number of piperidine rings is 1. The average molecular weight is 369 g/mol. The molecule has 1 aliphatic heterocycles. The van der Waals surface area contributed by atoms with Crippen molar-refractivity contribution >= 4 is 21.7 Å². The second kappa shape index (κ2) is 8.14. The summed E-state index contributed by atoms with van der Waals surface area (Å²) in [5.41, 5.74) is -0.451. The van der Waals surface area contributed by atoms with Gasteiger partial charge in [-0.15, -0.1) is 0 Å². The van der Waals surface area contributed by atoms with Gasteiger partial charge in [0.25, 0.3) is 0 Å². The molecule has 1 amide bonds. The fourth-order valence-corrected chi connectivity index (χ4v) is 4.23. The predicted octanol–water partition coefficient (Wildman–Crippen LogP) is 1.83. The summed E-state index contributed by atoms with van der Waals surface area (Å²) in [5.74, 6) is 0.287. The number of hydrogen-bond donors (Lipinski definition) is 2. The molecule has 0 atom stereocenters. The van der Waals surface area contributed by atoms with Gasteiger partial charge in [0.1, 0.15) is 10.7 Å². The van der Waals surface area contributed by atoms with Crippen LogP contribution in [0, 0.1) is 5.41 Å². The van der Waals surface area contributed by atoms with Crippen LogP contribution < -0.4 is 10.6 Å². The van der Waals surface area contributed by atoms with E-state index in [0.717, 1.165) is 19.3 Å². The quantitative estimate of drug-likeness (QED) is 0.748. The number of hydrogen-bond acceptors (Lipinski definition) is 5. The highest BCUT2D eigenvalue weighted by molar-refractivity contribution is 7.89. The number of rotatable bonds is 6. The number of amides is 1. The Balaban J connectivity index is 2.02. The molecule has 1 fully saturated rings. The van der Waals surface area contributed by atoms with E-state index >= 15 is 0 Å². The number of carbonyl (C=O) groups excluding carboxylic acids is 1. The lowest BCUT2D eigenvalue weighted by Crippen LogP contribution is -2.38. The van der Waals surface area contributed by atoms with Crippen molar-refractivity contribution in [1.82, 2.24) is 14.6 Å². The van der Waals surface area contributed by atoms with Gasteiger partial charge >= 0.3 is 0 Å². The molecule has 1 aromatic rings. The van der Waals surface area contributed by atoms with Gasteiger partial charge in [-0.2, -0.15) is 4.31 Å². The number of pyridine rings is 1. The monoisotopic (exact) mass is 368 g/mol. The summed E-state index contributed by atoms with van der Waals surface area (Å²) in [6.07, 6.45) is 4.41. The number of nitrogens with one attached hydrogen (secondary N) is 2. The largest absolute Gasteiger partial charge is 0.367 e. The van der Waals surface area contributed by atoms with Crippen LogP contribution in [0.2, 0.25) is 0 Å². The number of sulfonamides is 1. The molecule has 8 heteroatoms. The molecule has 2 rings (SSSR count). The van der Waals surface area contributed by atoms with Crippen LogP contribution in [0.5, 0.6) is 0 Å². The lowest BCUT2D eigenvalue weighted by molar-refractivity contribution is -0.128. The van der Waals surface area contributed by atoms with Crippen molar-refractivity contribution in [3.8, 4) is 0 Å². The first kappa shape index (κ1) is 19.7. The van der Waals surface area contributed by atoms with Gasteiger partial charge in [-0.3, -0.25) is 4.79 Å². The molecule has 7 nitrogen and oxygen atoms in total. The Bertz CT molecular complexity index is 692. The maximum Gasteiger partial charge on any atom is 0.246 e. The lowest BCUT2D eigenvalue weighted by Gasteiger charge is -2.26. The predicted molar refractivity (Wildman–Crippen MR) is 97.8 cm³/mol. The van der Waals surface area contributed by atoms with Crippen LogP contribution in [0.1, 0.15) is 40.0 Å². The molecule has 2 N–H and O–H groups in total. The van der Waals surface area contributed by atoms with Crippen LogP contribution in [0.4, 0.5) is 5.82 Å². The van der Waals surface area contributed by atoms with E-state index in [-0.39, 0.29) is 10.8 Å². The first-order valence-electron chi connectivity index (χ1n) is 8.70. The highest BCUT2D eigenvalue weighted by atomic mass is 32.2. The van der Waals surface area contributed by atoms with Gasteiger partial charge in [-0.05, 0) is 25.0 Å². The van der Waals surface area contributed by atoms with Gasteiger partial charge in [0.2, 0.25) is 15.9 Å².